The van der Waals surface area contributed by atoms with Crippen molar-refractivity contribution >= 4 is 46.2 Å². The molecule has 1 unspecified atom stereocenters. The first-order chi connectivity index (χ1) is 26.7. The summed E-state index contributed by atoms with van der Waals surface area (Å²) in [6, 6.07) is 19.6. The third-order valence-corrected chi connectivity index (χ3v) is 11.8. The molecule has 0 aliphatic carbocycles. The van der Waals surface area contributed by atoms with Crippen molar-refractivity contribution < 1.29 is 23.9 Å². The number of nitriles is 1. The van der Waals surface area contributed by atoms with Gasteiger partial charge in [-0.05, 0) is 85.7 Å². The summed E-state index contributed by atoms with van der Waals surface area (Å²) in [6.45, 7) is 3.59. The van der Waals surface area contributed by atoms with Crippen LogP contribution in [0.15, 0.2) is 59.0 Å². The summed E-state index contributed by atoms with van der Waals surface area (Å²) < 4.78 is 8.15. The number of nitrogens with one attached hydrogen (secondary N) is 2. The van der Waals surface area contributed by atoms with Crippen LogP contribution in [-0.4, -0.2) is 74.8 Å². The maximum absolute atomic E-state index is 14.1. The number of aryl methyl sites for hydroxylation is 1. The Morgan fingerprint density at radius 3 is 2.67 bits per heavy atom. The van der Waals surface area contributed by atoms with Crippen LogP contribution in [0.5, 0.6) is 0 Å². The van der Waals surface area contributed by atoms with Gasteiger partial charge in [-0.25, -0.2) is 4.98 Å². The molecule has 55 heavy (non-hydrogen) atoms. The zero-order chi connectivity index (χ0) is 37.8. The van der Waals surface area contributed by atoms with E-state index in [0.29, 0.717) is 84.9 Å². The monoisotopic (exact) mass is 758 g/mol. The molecule has 0 saturated carbocycles. The molecule has 0 spiro atoms. The Balaban J connectivity index is 0.965. The molecular formula is C41H39ClN8O5. The van der Waals surface area contributed by atoms with Gasteiger partial charge in [0.05, 0.1) is 27.8 Å². The highest BCUT2D eigenvalue weighted by Crippen LogP contribution is 2.43. The molecule has 4 aliphatic heterocycles. The predicted molar refractivity (Wildman–Crippen MR) is 204 cm³/mol. The highest BCUT2D eigenvalue weighted by atomic mass is 35.5. The van der Waals surface area contributed by atoms with Gasteiger partial charge in [0, 0.05) is 62.5 Å². The Hall–Kier alpha value is -5.55. The van der Waals surface area contributed by atoms with Crippen molar-refractivity contribution in [2.75, 3.05) is 31.1 Å². The number of aliphatic carboxylic acids is 1. The first-order valence-corrected chi connectivity index (χ1v) is 19.2. The van der Waals surface area contributed by atoms with Crippen molar-refractivity contribution in [1.82, 2.24) is 30.3 Å². The largest absolute Gasteiger partial charge is 0.481 e. The van der Waals surface area contributed by atoms with Gasteiger partial charge in [0.2, 0.25) is 11.8 Å². The molecule has 2 aromatic heterocycles. The Kier molecular flexibility index (Phi) is 9.12. The minimum absolute atomic E-state index is 0.0606. The molecule has 2 fully saturated rings. The summed E-state index contributed by atoms with van der Waals surface area (Å²) in [5, 5.41) is 31.2. The quantitative estimate of drug-likeness (QED) is 0.170. The van der Waals surface area contributed by atoms with E-state index in [0.717, 1.165) is 59.4 Å². The number of carbonyl (C=O) groups is 3. The average Bonchev–Trinajstić information content (AvgIpc) is 4.03. The number of oxazole rings is 1. The van der Waals surface area contributed by atoms with E-state index in [9.17, 15) is 24.8 Å². The number of nitrogens with zero attached hydrogens (tertiary/aromatic N) is 6. The van der Waals surface area contributed by atoms with Crippen molar-refractivity contribution in [2.45, 2.75) is 63.7 Å². The van der Waals surface area contributed by atoms with Gasteiger partial charge < -0.3 is 25.1 Å². The number of carboxylic acids is 1. The fraction of sp³-hybridized carbons (Fsp3) is 0.366. The number of hydrogen-bond acceptors (Lipinski definition) is 9. The van der Waals surface area contributed by atoms with E-state index in [2.05, 4.69) is 21.6 Å². The van der Waals surface area contributed by atoms with Crippen molar-refractivity contribution in [2.24, 2.45) is 5.92 Å². The number of carboxylic acid groups (broad SMARTS) is 1. The fourth-order valence-electron chi connectivity index (χ4n) is 8.67. The van der Waals surface area contributed by atoms with Crippen LogP contribution in [0.25, 0.3) is 33.7 Å². The minimum Gasteiger partial charge on any atom is -0.481 e. The summed E-state index contributed by atoms with van der Waals surface area (Å²) >= 11 is 7.17. The number of fused-ring (bicyclic) bond motifs is 3. The number of amides is 2. The normalized spacial score (nSPS) is 20.8. The number of benzene rings is 3. The van der Waals surface area contributed by atoms with E-state index in [1.165, 1.54) is 0 Å². The smallest absolute Gasteiger partial charge is 0.307 e. The summed E-state index contributed by atoms with van der Waals surface area (Å²) in [5.74, 6) is -0.939. The lowest BCUT2D eigenvalue weighted by Gasteiger charge is -2.25. The Bertz CT molecular complexity index is 2420. The highest BCUT2D eigenvalue weighted by molar-refractivity contribution is 6.36. The second-order valence-electron chi connectivity index (χ2n) is 14.9. The van der Waals surface area contributed by atoms with Crippen LogP contribution in [0.1, 0.15) is 71.0 Å². The molecule has 6 heterocycles. The Labute approximate surface area is 321 Å². The molecule has 0 radical (unpaired) electrons. The van der Waals surface area contributed by atoms with Gasteiger partial charge in [-0.3, -0.25) is 24.0 Å². The molecule has 3 N–H and O–H groups in total. The lowest BCUT2D eigenvalue weighted by atomic mass is 9.96. The molecule has 3 aromatic carbocycles. The summed E-state index contributed by atoms with van der Waals surface area (Å²) in [5.41, 5.74) is 7.61. The zero-order valence-electron chi connectivity index (χ0n) is 30.1. The molecule has 2 saturated heterocycles. The first-order valence-electron chi connectivity index (χ1n) is 18.9. The van der Waals surface area contributed by atoms with Gasteiger partial charge in [0.15, 0.2) is 11.3 Å². The van der Waals surface area contributed by atoms with E-state index in [4.69, 9.17) is 26.1 Å². The van der Waals surface area contributed by atoms with Crippen LogP contribution < -0.4 is 15.5 Å². The second kappa shape index (κ2) is 14.3. The van der Waals surface area contributed by atoms with E-state index < -0.39 is 5.97 Å². The van der Waals surface area contributed by atoms with Crippen molar-refractivity contribution in [3.8, 4) is 28.7 Å². The average molecular weight is 759 g/mol. The molecule has 14 heteroatoms. The Morgan fingerprint density at radius 1 is 1.04 bits per heavy atom. The number of carbonyl (C=O) groups excluding carboxylic acids is 2. The number of likely N-dealkylation sites (tertiary alicyclic amines) is 1. The van der Waals surface area contributed by atoms with Gasteiger partial charge in [0.1, 0.15) is 11.6 Å². The predicted octanol–water partition coefficient (Wildman–Crippen LogP) is 5.70. The van der Waals surface area contributed by atoms with Crippen LogP contribution in [0.2, 0.25) is 5.02 Å². The number of rotatable bonds is 9. The van der Waals surface area contributed by atoms with Crippen molar-refractivity contribution in [1.29, 1.82) is 5.26 Å². The van der Waals surface area contributed by atoms with E-state index in [-0.39, 0.29) is 35.7 Å². The standard InChI is InChI=1S/C41H39ClN8O5/c42-37-29(5-1-6-30(37)39-46-32-17-23(16-25(19-43)38(32)55-39)21-48-14-11-24(22-48)41(53)54)27-4-2-8-34-28(27)12-15-49(34)40(52)33-18-35-31(7-3-13-50(35)47-33)44-20-26-9-10-36(51)45-26/h1-2,4-6,8,16-18,24,26,31,44H,3,7,9-15,20-22H2,(H,45,51)(H,53,54)/t24-,26+,31?/m1/s1. The second-order valence-corrected chi connectivity index (χ2v) is 15.3. The molecule has 0 bridgehead atoms. The highest BCUT2D eigenvalue weighted by Gasteiger charge is 2.33. The topological polar surface area (TPSA) is 170 Å². The third-order valence-electron chi connectivity index (χ3n) is 11.4. The van der Waals surface area contributed by atoms with Crippen LogP contribution >= 0.6 is 11.6 Å². The molecular weight excluding hydrogens is 720 g/mol. The SMILES string of the molecule is N#Cc1cc(CN2CC[C@@H](C(=O)O)C2)cc2nc(-c3cccc(-c4cccc5c4CCN5C(=O)c4cc5n(n4)CCCC5NC[C@@H]4CCC(=O)N4)c3Cl)oc12. The zero-order valence-corrected chi connectivity index (χ0v) is 30.8. The Morgan fingerprint density at radius 2 is 1.87 bits per heavy atom. The molecule has 280 valence electrons. The van der Waals surface area contributed by atoms with Crippen LogP contribution in [0.3, 0.4) is 0 Å². The van der Waals surface area contributed by atoms with Gasteiger partial charge >= 0.3 is 5.97 Å². The molecule has 5 aromatic rings. The number of hydrogen-bond donors (Lipinski definition) is 3. The van der Waals surface area contributed by atoms with E-state index in [1.807, 2.05) is 53.2 Å². The third kappa shape index (κ3) is 6.54. The summed E-state index contributed by atoms with van der Waals surface area (Å²) in [7, 11) is 0. The van der Waals surface area contributed by atoms with E-state index in [1.54, 1.807) is 11.0 Å². The lowest BCUT2D eigenvalue weighted by Crippen LogP contribution is -2.38. The number of anilines is 1. The molecule has 2 amide bonds. The van der Waals surface area contributed by atoms with Gasteiger partial charge in [-0.1, -0.05) is 35.9 Å². The summed E-state index contributed by atoms with van der Waals surface area (Å²) in [4.78, 5) is 45.9. The van der Waals surface area contributed by atoms with Crippen LogP contribution in [-0.2, 0) is 29.1 Å². The minimum atomic E-state index is -0.786. The van der Waals surface area contributed by atoms with Crippen molar-refractivity contribution in [3.05, 3.63) is 87.7 Å². The number of aromatic nitrogens is 3. The fourth-order valence-corrected chi connectivity index (χ4v) is 8.98. The molecule has 13 nitrogen and oxygen atoms in total. The first kappa shape index (κ1) is 35.2. The molecule has 4 aliphatic rings. The van der Waals surface area contributed by atoms with Crippen LogP contribution in [0.4, 0.5) is 5.69 Å². The van der Waals surface area contributed by atoms with Gasteiger partial charge in [-0.15, -0.1) is 0 Å². The van der Waals surface area contributed by atoms with Crippen molar-refractivity contribution in [3.63, 3.8) is 0 Å². The summed E-state index contributed by atoms with van der Waals surface area (Å²) in [6.07, 6.45) is 4.52. The van der Waals surface area contributed by atoms with E-state index >= 15 is 0 Å². The lowest BCUT2D eigenvalue weighted by molar-refractivity contribution is -0.141. The van der Waals surface area contributed by atoms with Gasteiger partial charge in [-0.2, -0.15) is 10.4 Å². The molecule has 3 atom stereocenters. The number of halogens is 1. The maximum atomic E-state index is 14.1. The van der Waals surface area contributed by atoms with Crippen LogP contribution in [0, 0.1) is 17.2 Å². The maximum Gasteiger partial charge on any atom is 0.307 e. The van der Waals surface area contributed by atoms with Gasteiger partial charge in [0.25, 0.3) is 5.91 Å². The molecule has 9 rings (SSSR count).